The van der Waals surface area contributed by atoms with Crippen molar-refractivity contribution < 1.29 is 14.3 Å². The smallest absolute Gasteiger partial charge is 0.411 e. The average Bonchev–Trinajstić information content (AvgIpc) is 2.59. The molecule has 0 spiro atoms. The fourth-order valence-electron chi connectivity index (χ4n) is 1.79. The van der Waals surface area contributed by atoms with Gasteiger partial charge in [-0.05, 0) is 23.8 Å². The first-order valence-corrected chi connectivity index (χ1v) is 7.24. The van der Waals surface area contributed by atoms with Crippen molar-refractivity contribution in [3.63, 3.8) is 0 Å². The maximum absolute atomic E-state index is 11.6. The molecule has 0 aliphatic rings. The Morgan fingerprint density at radius 3 is 2.30 bits per heavy atom. The molecule has 0 atom stereocenters. The van der Waals surface area contributed by atoms with Crippen molar-refractivity contribution in [2.75, 3.05) is 18.5 Å². The van der Waals surface area contributed by atoms with Gasteiger partial charge in [0.25, 0.3) is 0 Å². The molecule has 0 fully saturated rings. The first-order valence-electron chi connectivity index (χ1n) is 7.24. The number of amides is 2. The van der Waals surface area contributed by atoms with Crippen molar-refractivity contribution in [1.29, 1.82) is 0 Å². The van der Waals surface area contributed by atoms with Gasteiger partial charge in [-0.2, -0.15) is 0 Å². The standard InChI is InChI=1S/C18H18N2O3/c21-17(12-11-15-7-3-1-4-8-15)19-13-14-23-18(22)20-16-9-5-2-6-10-16/h1-12H,13-14H2,(H,19,21)(H,20,22)/b12-11+. The van der Waals surface area contributed by atoms with Crippen molar-refractivity contribution in [3.8, 4) is 0 Å². The Balaban J connectivity index is 1.62. The Morgan fingerprint density at radius 1 is 0.957 bits per heavy atom. The number of para-hydroxylation sites is 1. The second kappa shape index (κ2) is 9.04. The van der Waals surface area contributed by atoms with Crippen LogP contribution in [0.3, 0.4) is 0 Å². The van der Waals surface area contributed by atoms with Gasteiger partial charge in [0.2, 0.25) is 5.91 Å². The molecule has 2 rings (SSSR count). The van der Waals surface area contributed by atoms with Crippen LogP contribution < -0.4 is 10.6 Å². The van der Waals surface area contributed by atoms with E-state index in [0.717, 1.165) is 5.56 Å². The highest BCUT2D eigenvalue weighted by molar-refractivity contribution is 5.91. The fourth-order valence-corrected chi connectivity index (χ4v) is 1.79. The maximum atomic E-state index is 11.6. The number of hydrogen-bond acceptors (Lipinski definition) is 3. The Labute approximate surface area is 135 Å². The van der Waals surface area contributed by atoms with E-state index in [1.165, 1.54) is 6.08 Å². The van der Waals surface area contributed by atoms with Crippen LogP contribution >= 0.6 is 0 Å². The first-order chi connectivity index (χ1) is 11.2. The highest BCUT2D eigenvalue weighted by Gasteiger charge is 2.02. The number of ether oxygens (including phenoxy) is 1. The molecule has 0 heterocycles. The van der Waals surface area contributed by atoms with Gasteiger partial charge in [0.1, 0.15) is 6.61 Å². The third-order valence-corrected chi connectivity index (χ3v) is 2.88. The maximum Gasteiger partial charge on any atom is 0.411 e. The van der Waals surface area contributed by atoms with Crippen LogP contribution in [-0.4, -0.2) is 25.2 Å². The molecular formula is C18H18N2O3. The summed E-state index contributed by atoms with van der Waals surface area (Å²) in [6.45, 7) is 0.351. The van der Waals surface area contributed by atoms with E-state index >= 15 is 0 Å². The van der Waals surface area contributed by atoms with Crippen LogP contribution in [0.15, 0.2) is 66.7 Å². The number of carbonyl (C=O) groups excluding carboxylic acids is 2. The summed E-state index contributed by atoms with van der Waals surface area (Å²) in [6, 6.07) is 18.5. The molecule has 0 saturated carbocycles. The molecule has 0 aromatic heterocycles. The largest absolute Gasteiger partial charge is 0.447 e. The van der Waals surface area contributed by atoms with Crippen LogP contribution in [0.25, 0.3) is 6.08 Å². The van der Waals surface area contributed by atoms with Crippen molar-refractivity contribution in [2.45, 2.75) is 0 Å². The Morgan fingerprint density at radius 2 is 1.61 bits per heavy atom. The molecule has 0 radical (unpaired) electrons. The lowest BCUT2D eigenvalue weighted by Crippen LogP contribution is -2.27. The minimum atomic E-state index is -0.551. The third kappa shape index (κ3) is 6.48. The van der Waals surface area contributed by atoms with Crippen molar-refractivity contribution in [2.24, 2.45) is 0 Å². The topological polar surface area (TPSA) is 67.4 Å². The van der Waals surface area contributed by atoms with Gasteiger partial charge in [-0.15, -0.1) is 0 Å². The lowest BCUT2D eigenvalue weighted by atomic mass is 10.2. The molecule has 2 aromatic rings. The summed E-state index contributed by atoms with van der Waals surface area (Å²) < 4.78 is 4.97. The molecular weight excluding hydrogens is 292 g/mol. The van der Waals surface area contributed by atoms with Gasteiger partial charge in [-0.25, -0.2) is 4.79 Å². The number of benzene rings is 2. The molecule has 0 unspecified atom stereocenters. The zero-order valence-corrected chi connectivity index (χ0v) is 12.6. The lowest BCUT2D eigenvalue weighted by molar-refractivity contribution is -0.116. The van der Waals surface area contributed by atoms with E-state index in [4.69, 9.17) is 4.74 Å². The van der Waals surface area contributed by atoms with Gasteiger partial charge in [-0.1, -0.05) is 48.5 Å². The molecule has 23 heavy (non-hydrogen) atoms. The zero-order valence-electron chi connectivity index (χ0n) is 12.6. The van der Waals surface area contributed by atoms with Gasteiger partial charge in [0.15, 0.2) is 0 Å². The van der Waals surface area contributed by atoms with Crippen molar-refractivity contribution >= 4 is 23.8 Å². The SMILES string of the molecule is O=C(/C=C/c1ccccc1)NCCOC(=O)Nc1ccccc1. The summed E-state index contributed by atoms with van der Waals surface area (Å²) in [5.41, 5.74) is 1.61. The quantitative estimate of drug-likeness (QED) is 0.636. The van der Waals surface area contributed by atoms with Gasteiger partial charge in [0, 0.05) is 11.8 Å². The van der Waals surface area contributed by atoms with Crippen LogP contribution in [0.2, 0.25) is 0 Å². The first kappa shape index (κ1) is 16.3. The summed E-state index contributed by atoms with van der Waals surface area (Å²) in [5, 5.41) is 5.23. The number of hydrogen-bond donors (Lipinski definition) is 2. The van der Waals surface area contributed by atoms with Crippen molar-refractivity contribution in [3.05, 3.63) is 72.3 Å². The van der Waals surface area contributed by atoms with Crippen molar-refractivity contribution in [1.82, 2.24) is 5.32 Å². The molecule has 0 aliphatic carbocycles. The Kier molecular flexibility index (Phi) is 6.41. The summed E-state index contributed by atoms with van der Waals surface area (Å²) in [6.07, 6.45) is 2.61. The predicted octanol–water partition coefficient (Wildman–Crippen LogP) is 3.06. The van der Waals surface area contributed by atoms with Gasteiger partial charge in [-0.3, -0.25) is 10.1 Å². The molecule has 2 aromatic carbocycles. The van der Waals surface area contributed by atoms with Crippen LogP contribution in [0.4, 0.5) is 10.5 Å². The molecule has 5 nitrogen and oxygen atoms in total. The van der Waals surface area contributed by atoms with E-state index in [0.29, 0.717) is 5.69 Å². The van der Waals surface area contributed by atoms with E-state index in [-0.39, 0.29) is 19.1 Å². The Hall–Kier alpha value is -3.08. The molecule has 0 bridgehead atoms. The minimum absolute atomic E-state index is 0.101. The fraction of sp³-hybridized carbons (Fsp3) is 0.111. The Bertz CT molecular complexity index is 654. The van der Waals surface area contributed by atoms with Crippen LogP contribution in [-0.2, 0) is 9.53 Å². The predicted molar refractivity (Wildman–Crippen MR) is 89.9 cm³/mol. The molecule has 0 saturated heterocycles. The molecule has 118 valence electrons. The molecule has 2 N–H and O–H groups in total. The summed E-state index contributed by atoms with van der Waals surface area (Å²) in [7, 11) is 0. The van der Waals surface area contributed by atoms with E-state index in [2.05, 4.69) is 10.6 Å². The lowest BCUT2D eigenvalue weighted by Gasteiger charge is -2.07. The monoisotopic (exact) mass is 310 g/mol. The zero-order chi connectivity index (χ0) is 16.3. The average molecular weight is 310 g/mol. The number of nitrogens with one attached hydrogen (secondary N) is 2. The minimum Gasteiger partial charge on any atom is -0.447 e. The molecule has 5 heteroatoms. The van der Waals surface area contributed by atoms with Crippen LogP contribution in [0, 0.1) is 0 Å². The normalized spacial score (nSPS) is 10.3. The van der Waals surface area contributed by atoms with Gasteiger partial charge >= 0.3 is 6.09 Å². The van der Waals surface area contributed by atoms with Gasteiger partial charge < -0.3 is 10.1 Å². The summed E-state index contributed by atoms with van der Waals surface area (Å²) in [4.78, 5) is 23.1. The van der Waals surface area contributed by atoms with E-state index in [1.54, 1.807) is 18.2 Å². The highest BCUT2D eigenvalue weighted by atomic mass is 16.5. The van der Waals surface area contributed by atoms with E-state index < -0.39 is 6.09 Å². The van der Waals surface area contributed by atoms with Gasteiger partial charge in [0.05, 0.1) is 6.54 Å². The van der Waals surface area contributed by atoms with E-state index in [9.17, 15) is 9.59 Å². The highest BCUT2D eigenvalue weighted by Crippen LogP contribution is 2.05. The van der Waals surface area contributed by atoms with Crippen LogP contribution in [0.5, 0.6) is 0 Å². The molecule has 2 amide bonds. The number of rotatable bonds is 6. The van der Waals surface area contributed by atoms with E-state index in [1.807, 2.05) is 48.5 Å². The number of anilines is 1. The second-order valence-corrected chi connectivity index (χ2v) is 4.66. The van der Waals surface area contributed by atoms with Crippen LogP contribution in [0.1, 0.15) is 5.56 Å². The second-order valence-electron chi connectivity index (χ2n) is 4.66. The summed E-state index contributed by atoms with van der Waals surface area (Å²) >= 11 is 0. The molecule has 0 aliphatic heterocycles. The third-order valence-electron chi connectivity index (χ3n) is 2.88. The number of carbonyl (C=O) groups is 2. The summed E-state index contributed by atoms with van der Waals surface area (Å²) in [5.74, 6) is -0.235.